The van der Waals surface area contributed by atoms with E-state index in [2.05, 4.69) is 30.7 Å². The quantitative estimate of drug-likeness (QED) is 0.874. The lowest BCUT2D eigenvalue weighted by atomic mass is 10.0. The number of hydrogen-bond acceptors (Lipinski definition) is 4. The molecule has 0 bridgehead atoms. The highest BCUT2D eigenvalue weighted by atomic mass is 16.5. The average Bonchev–Trinajstić information content (AvgIpc) is 2.93. The Morgan fingerprint density at radius 2 is 2.24 bits per heavy atom. The van der Waals surface area contributed by atoms with Crippen LogP contribution in [0.4, 0.5) is 0 Å². The minimum Gasteiger partial charge on any atom is -0.507 e. The minimum absolute atomic E-state index is 0.190. The summed E-state index contributed by atoms with van der Waals surface area (Å²) in [5.41, 5.74) is 0.958. The zero-order chi connectivity index (χ0) is 15.4. The first-order valence-corrected chi connectivity index (χ1v) is 7.88. The number of likely N-dealkylation sites (N-methyl/N-ethyl adjacent to an activating group) is 2. The van der Waals surface area contributed by atoms with Crippen LogP contribution in [0.1, 0.15) is 38.3 Å². The van der Waals surface area contributed by atoms with E-state index in [9.17, 15) is 5.11 Å². The molecular formula is C17H28N2O2. The van der Waals surface area contributed by atoms with Crippen LogP contribution in [-0.4, -0.2) is 54.7 Å². The van der Waals surface area contributed by atoms with E-state index >= 15 is 0 Å². The first kappa shape index (κ1) is 16.1. The summed E-state index contributed by atoms with van der Waals surface area (Å²) in [4.78, 5) is 4.89. The molecule has 1 aromatic carbocycles. The van der Waals surface area contributed by atoms with Crippen LogP contribution in [0.2, 0.25) is 0 Å². The van der Waals surface area contributed by atoms with Crippen molar-refractivity contribution in [3.63, 3.8) is 0 Å². The van der Waals surface area contributed by atoms with E-state index in [1.54, 1.807) is 13.2 Å². The SMILES string of the molecule is CCN1CCCC1CN(C)C(C)c1ccc(OC)cc1O. The van der Waals surface area contributed by atoms with Crippen LogP contribution >= 0.6 is 0 Å². The summed E-state index contributed by atoms with van der Waals surface area (Å²) in [6.45, 7) is 7.77. The molecule has 0 saturated carbocycles. The highest BCUT2D eigenvalue weighted by Gasteiger charge is 2.26. The molecule has 4 heteroatoms. The molecule has 2 rings (SSSR count). The molecule has 2 unspecified atom stereocenters. The molecule has 118 valence electrons. The van der Waals surface area contributed by atoms with Gasteiger partial charge in [0.2, 0.25) is 0 Å². The molecule has 4 nitrogen and oxygen atoms in total. The van der Waals surface area contributed by atoms with E-state index in [-0.39, 0.29) is 6.04 Å². The maximum atomic E-state index is 10.2. The maximum absolute atomic E-state index is 10.2. The van der Waals surface area contributed by atoms with Gasteiger partial charge in [0.1, 0.15) is 11.5 Å². The van der Waals surface area contributed by atoms with Gasteiger partial charge in [0, 0.05) is 30.3 Å². The number of hydrogen-bond donors (Lipinski definition) is 1. The highest BCUT2D eigenvalue weighted by molar-refractivity contribution is 5.41. The molecule has 0 radical (unpaired) electrons. The third kappa shape index (κ3) is 3.69. The summed E-state index contributed by atoms with van der Waals surface area (Å²) < 4.78 is 5.15. The number of phenolic OH excluding ortho intramolecular Hbond substituents is 1. The summed E-state index contributed by atoms with van der Waals surface area (Å²) in [5.74, 6) is 1.01. The molecule has 1 fully saturated rings. The third-order valence-corrected chi connectivity index (χ3v) is 4.75. The van der Waals surface area contributed by atoms with Crippen molar-refractivity contribution >= 4 is 0 Å². The Hall–Kier alpha value is -1.26. The first-order chi connectivity index (χ1) is 10.1. The van der Waals surface area contributed by atoms with Crippen molar-refractivity contribution in [3.8, 4) is 11.5 Å². The van der Waals surface area contributed by atoms with Gasteiger partial charge in [-0.1, -0.05) is 13.0 Å². The fourth-order valence-corrected chi connectivity index (χ4v) is 3.25. The molecule has 1 aliphatic rings. The van der Waals surface area contributed by atoms with Crippen LogP contribution in [0.25, 0.3) is 0 Å². The van der Waals surface area contributed by atoms with Gasteiger partial charge in [-0.3, -0.25) is 9.80 Å². The smallest absolute Gasteiger partial charge is 0.124 e. The van der Waals surface area contributed by atoms with Gasteiger partial charge in [0.25, 0.3) is 0 Å². The largest absolute Gasteiger partial charge is 0.507 e. The number of likely N-dealkylation sites (tertiary alicyclic amines) is 1. The molecule has 1 saturated heterocycles. The van der Waals surface area contributed by atoms with Gasteiger partial charge in [-0.2, -0.15) is 0 Å². The van der Waals surface area contributed by atoms with Gasteiger partial charge in [-0.05, 0) is 46.0 Å². The second-order valence-electron chi connectivity index (χ2n) is 5.96. The topological polar surface area (TPSA) is 35.9 Å². The molecule has 0 aromatic heterocycles. The fourth-order valence-electron chi connectivity index (χ4n) is 3.25. The third-order valence-electron chi connectivity index (χ3n) is 4.75. The summed E-state index contributed by atoms with van der Waals surface area (Å²) in [6, 6.07) is 6.39. The summed E-state index contributed by atoms with van der Waals surface area (Å²) >= 11 is 0. The Bertz CT molecular complexity index is 464. The van der Waals surface area contributed by atoms with Crippen molar-refractivity contribution in [2.45, 2.75) is 38.8 Å². The molecule has 1 aliphatic heterocycles. The van der Waals surface area contributed by atoms with E-state index in [4.69, 9.17) is 4.74 Å². The normalized spacial score (nSPS) is 20.9. The number of aromatic hydroxyl groups is 1. The molecule has 1 N–H and O–H groups in total. The number of ether oxygens (including phenoxy) is 1. The van der Waals surface area contributed by atoms with E-state index in [0.29, 0.717) is 17.5 Å². The van der Waals surface area contributed by atoms with Crippen LogP contribution in [0.15, 0.2) is 18.2 Å². The lowest BCUT2D eigenvalue weighted by molar-refractivity contribution is 0.169. The van der Waals surface area contributed by atoms with Crippen LogP contribution in [0, 0.1) is 0 Å². The van der Waals surface area contributed by atoms with Gasteiger partial charge in [-0.25, -0.2) is 0 Å². The predicted molar refractivity (Wildman–Crippen MR) is 86.0 cm³/mol. The van der Waals surface area contributed by atoms with Crippen molar-refractivity contribution < 1.29 is 9.84 Å². The van der Waals surface area contributed by atoms with Crippen molar-refractivity contribution in [1.82, 2.24) is 9.80 Å². The second-order valence-corrected chi connectivity index (χ2v) is 5.96. The highest BCUT2D eigenvalue weighted by Crippen LogP contribution is 2.31. The lowest BCUT2D eigenvalue weighted by Gasteiger charge is -2.32. The molecule has 1 heterocycles. The summed E-state index contributed by atoms with van der Waals surface area (Å²) in [6.07, 6.45) is 2.58. The van der Waals surface area contributed by atoms with Crippen molar-refractivity contribution in [1.29, 1.82) is 0 Å². The van der Waals surface area contributed by atoms with E-state index in [1.165, 1.54) is 19.4 Å². The predicted octanol–water partition coefficient (Wildman–Crippen LogP) is 2.88. The molecule has 0 aliphatic carbocycles. The Balaban J connectivity index is 2.03. The summed E-state index contributed by atoms with van der Waals surface area (Å²) in [7, 11) is 3.75. The van der Waals surface area contributed by atoms with Crippen molar-refractivity contribution in [3.05, 3.63) is 23.8 Å². The van der Waals surface area contributed by atoms with Gasteiger partial charge in [0.05, 0.1) is 7.11 Å². The Morgan fingerprint density at radius 3 is 2.86 bits per heavy atom. The number of nitrogens with zero attached hydrogens (tertiary/aromatic N) is 2. The van der Waals surface area contributed by atoms with Gasteiger partial charge < -0.3 is 9.84 Å². The van der Waals surface area contributed by atoms with E-state index in [1.807, 2.05) is 12.1 Å². The van der Waals surface area contributed by atoms with Crippen LogP contribution in [0.5, 0.6) is 11.5 Å². The van der Waals surface area contributed by atoms with E-state index in [0.717, 1.165) is 18.7 Å². The maximum Gasteiger partial charge on any atom is 0.124 e. The lowest BCUT2D eigenvalue weighted by Crippen LogP contribution is -2.39. The minimum atomic E-state index is 0.190. The number of phenols is 1. The van der Waals surface area contributed by atoms with Gasteiger partial charge in [-0.15, -0.1) is 0 Å². The molecule has 0 spiro atoms. The number of methoxy groups -OCH3 is 1. The molecule has 2 atom stereocenters. The van der Waals surface area contributed by atoms with Crippen LogP contribution in [-0.2, 0) is 0 Å². The number of rotatable bonds is 6. The van der Waals surface area contributed by atoms with Crippen molar-refractivity contribution in [2.24, 2.45) is 0 Å². The monoisotopic (exact) mass is 292 g/mol. The standard InChI is InChI=1S/C17H28N2O2/c1-5-19-10-6-7-14(19)12-18(3)13(2)16-9-8-15(21-4)11-17(16)20/h8-9,11,13-14,20H,5-7,10,12H2,1-4H3. The Labute approximate surface area is 128 Å². The Kier molecular flexibility index (Phi) is 5.48. The molecule has 21 heavy (non-hydrogen) atoms. The second kappa shape index (κ2) is 7.14. The number of benzene rings is 1. The summed E-state index contributed by atoms with van der Waals surface area (Å²) in [5, 5.41) is 10.2. The molecule has 1 aromatic rings. The molecule has 0 amide bonds. The van der Waals surface area contributed by atoms with Crippen molar-refractivity contribution in [2.75, 3.05) is 33.8 Å². The average molecular weight is 292 g/mol. The fraction of sp³-hybridized carbons (Fsp3) is 0.647. The zero-order valence-electron chi connectivity index (χ0n) is 13.7. The molecular weight excluding hydrogens is 264 g/mol. The first-order valence-electron chi connectivity index (χ1n) is 7.88. The van der Waals surface area contributed by atoms with E-state index < -0.39 is 0 Å². The van der Waals surface area contributed by atoms with Crippen LogP contribution < -0.4 is 4.74 Å². The van der Waals surface area contributed by atoms with Gasteiger partial charge >= 0.3 is 0 Å². The Morgan fingerprint density at radius 1 is 1.48 bits per heavy atom. The van der Waals surface area contributed by atoms with Crippen LogP contribution in [0.3, 0.4) is 0 Å². The zero-order valence-corrected chi connectivity index (χ0v) is 13.7. The van der Waals surface area contributed by atoms with Gasteiger partial charge in [0.15, 0.2) is 0 Å².